The Balaban J connectivity index is 2.91. The van der Waals surface area contributed by atoms with Gasteiger partial charge >= 0.3 is 0 Å². The van der Waals surface area contributed by atoms with Crippen molar-refractivity contribution in [1.29, 1.82) is 0 Å². The molecule has 0 bridgehead atoms. The Morgan fingerprint density at radius 1 is 1.69 bits per heavy atom. The smallest absolute Gasteiger partial charge is 0.256 e. The van der Waals surface area contributed by atoms with Crippen LogP contribution in [-0.2, 0) is 0 Å². The molecule has 0 unspecified atom stereocenters. The third kappa shape index (κ3) is 3.38. The third-order valence-electron chi connectivity index (χ3n) is 1.79. The molecule has 0 aromatic carbocycles. The fourth-order valence-electron chi connectivity index (χ4n) is 1.07. The first kappa shape index (κ1) is 13.3. The maximum atomic E-state index is 12.1. The zero-order valence-corrected chi connectivity index (χ0v) is 10.6. The van der Waals surface area contributed by atoms with Crippen molar-refractivity contribution in [3.63, 3.8) is 0 Å². The number of hydrogen-bond acceptors (Lipinski definition) is 2. The van der Waals surface area contributed by atoms with Crippen LogP contribution in [0.4, 0.5) is 8.78 Å². The fourth-order valence-corrected chi connectivity index (χ4v) is 1.58. The number of aromatic nitrogens is 1. The second kappa shape index (κ2) is 5.54. The summed E-state index contributed by atoms with van der Waals surface area (Å²) in [7, 11) is 1.28. The lowest BCUT2D eigenvalue weighted by Gasteiger charge is -2.16. The SMILES string of the molecule is CN(CC(F)F)C(=O)c1cc(Br)cnc1Cl. The van der Waals surface area contributed by atoms with Gasteiger partial charge in [0.1, 0.15) is 5.15 Å². The van der Waals surface area contributed by atoms with E-state index in [4.69, 9.17) is 11.6 Å². The summed E-state index contributed by atoms with van der Waals surface area (Å²) in [6, 6.07) is 1.44. The second-order valence-corrected chi connectivity index (χ2v) is 4.34. The van der Waals surface area contributed by atoms with E-state index in [1.165, 1.54) is 19.3 Å². The molecule has 0 saturated heterocycles. The number of hydrogen-bond donors (Lipinski definition) is 0. The van der Waals surface area contributed by atoms with Crippen molar-refractivity contribution < 1.29 is 13.6 Å². The van der Waals surface area contributed by atoms with E-state index in [-0.39, 0.29) is 10.7 Å². The third-order valence-corrected chi connectivity index (χ3v) is 2.53. The van der Waals surface area contributed by atoms with Crippen LogP contribution in [0.3, 0.4) is 0 Å². The largest absolute Gasteiger partial charge is 0.336 e. The normalized spacial score (nSPS) is 10.6. The molecule has 0 fully saturated rings. The van der Waals surface area contributed by atoms with Crippen molar-refractivity contribution in [2.24, 2.45) is 0 Å². The Kier molecular flexibility index (Phi) is 4.61. The number of carbonyl (C=O) groups excluding carboxylic acids is 1. The van der Waals surface area contributed by atoms with Gasteiger partial charge in [-0.3, -0.25) is 4.79 Å². The van der Waals surface area contributed by atoms with Crippen molar-refractivity contribution in [2.45, 2.75) is 6.43 Å². The van der Waals surface area contributed by atoms with Gasteiger partial charge in [0.2, 0.25) is 0 Å². The topological polar surface area (TPSA) is 33.2 Å². The van der Waals surface area contributed by atoms with E-state index in [1.807, 2.05) is 0 Å². The Hall–Kier alpha value is -0.750. The van der Waals surface area contributed by atoms with Gasteiger partial charge in [-0.1, -0.05) is 11.6 Å². The minimum absolute atomic E-state index is 0.00526. The van der Waals surface area contributed by atoms with Gasteiger partial charge in [0, 0.05) is 17.7 Å². The Morgan fingerprint density at radius 2 is 2.31 bits per heavy atom. The van der Waals surface area contributed by atoms with Crippen molar-refractivity contribution in [3.05, 3.63) is 27.5 Å². The van der Waals surface area contributed by atoms with Crippen LogP contribution in [0.5, 0.6) is 0 Å². The Morgan fingerprint density at radius 3 is 2.88 bits per heavy atom. The molecule has 0 N–H and O–H groups in total. The molecule has 1 amide bonds. The average Bonchev–Trinajstić information content (AvgIpc) is 2.19. The van der Waals surface area contributed by atoms with Gasteiger partial charge in [-0.15, -0.1) is 0 Å². The zero-order chi connectivity index (χ0) is 12.3. The molecule has 0 spiro atoms. The number of pyridine rings is 1. The van der Waals surface area contributed by atoms with Gasteiger partial charge < -0.3 is 4.90 Å². The van der Waals surface area contributed by atoms with Gasteiger partial charge in [0.05, 0.1) is 12.1 Å². The molecule has 16 heavy (non-hydrogen) atoms. The van der Waals surface area contributed by atoms with E-state index in [9.17, 15) is 13.6 Å². The van der Waals surface area contributed by atoms with E-state index in [1.54, 1.807) is 0 Å². The van der Waals surface area contributed by atoms with Gasteiger partial charge in [-0.05, 0) is 22.0 Å². The standard InChI is InChI=1S/C9H8BrClF2N2O/c1-15(4-7(12)13)9(16)6-2-5(10)3-14-8(6)11/h2-3,7H,4H2,1H3. The average molecular weight is 314 g/mol. The lowest BCUT2D eigenvalue weighted by atomic mass is 10.2. The first-order valence-corrected chi connectivity index (χ1v) is 5.43. The molecule has 7 heteroatoms. The quantitative estimate of drug-likeness (QED) is 0.804. The van der Waals surface area contributed by atoms with Crippen molar-refractivity contribution in [1.82, 2.24) is 9.88 Å². The van der Waals surface area contributed by atoms with Crippen LogP contribution in [0.1, 0.15) is 10.4 Å². The van der Waals surface area contributed by atoms with Crippen molar-refractivity contribution in [2.75, 3.05) is 13.6 Å². The number of carbonyl (C=O) groups is 1. The number of nitrogens with zero attached hydrogens (tertiary/aromatic N) is 2. The minimum atomic E-state index is -2.58. The summed E-state index contributed by atoms with van der Waals surface area (Å²) < 4.78 is 24.7. The summed E-state index contributed by atoms with van der Waals surface area (Å²) in [5, 5.41) is -0.00526. The van der Waals surface area contributed by atoms with Gasteiger partial charge in [-0.25, -0.2) is 13.8 Å². The molecule has 0 radical (unpaired) electrons. The molecule has 0 saturated carbocycles. The van der Waals surface area contributed by atoms with Crippen LogP contribution in [0.2, 0.25) is 5.15 Å². The molecule has 0 aliphatic carbocycles. The molecule has 1 heterocycles. The predicted molar refractivity (Wildman–Crippen MR) is 59.9 cm³/mol. The summed E-state index contributed by atoms with van der Waals surface area (Å²) in [5.74, 6) is -0.584. The molecule has 88 valence electrons. The molecule has 0 atom stereocenters. The highest BCUT2D eigenvalue weighted by Crippen LogP contribution is 2.19. The van der Waals surface area contributed by atoms with Crippen molar-refractivity contribution >= 4 is 33.4 Å². The summed E-state index contributed by atoms with van der Waals surface area (Å²) in [5.41, 5.74) is 0.0965. The summed E-state index contributed by atoms with van der Waals surface area (Å²) in [6.45, 7) is -0.637. The van der Waals surface area contributed by atoms with Crippen LogP contribution in [0, 0.1) is 0 Å². The number of alkyl halides is 2. The summed E-state index contributed by atoms with van der Waals surface area (Å²) in [4.78, 5) is 16.3. The lowest BCUT2D eigenvalue weighted by molar-refractivity contribution is 0.0620. The Bertz CT molecular complexity index is 403. The molecule has 0 aliphatic rings. The molecule has 0 aliphatic heterocycles. The van der Waals surface area contributed by atoms with E-state index < -0.39 is 18.9 Å². The first-order chi connectivity index (χ1) is 7.41. The summed E-state index contributed by atoms with van der Waals surface area (Å²) >= 11 is 8.83. The maximum Gasteiger partial charge on any atom is 0.256 e. The van der Waals surface area contributed by atoms with E-state index in [0.717, 1.165) is 4.90 Å². The predicted octanol–water partition coefficient (Wildman–Crippen LogP) is 2.83. The number of amides is 1. The molecule has 3 nitrogen and oxygen atoms in total. The van der Waals surface area contributed by atoms with Crippen molar-refractivity contribution in [3.8, 4) is 0 Å². The number of halogens is 4. The Labute approximate surface area is 105 Å². The monoisotopic (exact) mass is 312 g/mol. The first-order valence-electron chi connectivity index (χ1n) is 4.26. The molecule has 1 rings (SSSR count). The molecular weight excluding hydrogens is 305 g/mol. The van der Waals surface area contributed by atoms with Crippen LogP contribution >= 0.6 is 27.5 Å². The lowest BCUT2D eigenvalue weighted by Crippen LogP contribution is -2.31. The van der Waals surface area contributed by atoms with Crippen LogP contribution in [0.15, 0.2) is 16.7 Å². The van der Waals surface area contributed by atoms with E-state index >= 15 is 0 Å². The molecular formula is C9H8BrClF2N2O. The van der Waals surface area contributed by atoms with Gasteiger partial charge in [0.25, 0.3) is 12.3 Å². The maximum absolute atomic E-state index is 12.1. The highest BCUT2D eigenvalue weighted by atomic mass is 79.9. The van der Waals surface area contributed by atoms with Crippen LogP contribution < -0.4 is 0 Å². The van der Waals surface area contributed by atoms with Gasteiger partial charge in [0.15, 0.2) is 0 Å². The molecule has 1 aromatic heterocycles. The highest BCUT2D eigenvalue weighted by molar-refractivity contribution is 9.10. The number of rotatable bonds is 3. The van der Waals surface area contributed by atoms with Crippen LogP contribution in [0.25, 0.3) is 0 Å². The van der Waals surface area contributed by atoms with Crippen LogP contribution in [-0.4, -0.2) is 35.8 Å². The molecule has 1 aromatic rings. The van der Waals surface area contributed by atoms with E-state index in [0.29, 0.717) is 4.47 Å². The van der Waals surface area contributed by atoms with Gasteiger partial charge in [-0.2, -0.15) is 0 Å². The zero-order valence-electron chi connectivity index (χ0n) is 8.25. The summed E-state index contributed by atoms with van der Waals surface area (Å²) in [6.07, 6.45) is -1.15. The second-order valence-electron chi connectivity index (χ2n) is 3.07. The van der Waals surface area contributed by atoms with E-state index in [2.05, 4.69) is 20.9 Å². The fraction of sp³-hybridized carbons (Fsp3) is 0.333. The minimum Gasteiger partial charge on any atom is -0.336 e. The highest BCUT2D eigenvalue weighted by Gasteiger charge is 2.19.